The highest BCUT2D eigenvalue weighted by Crippen LogP contribution is 2.45. The van der Waals surface area contributed by atoms with E-state index in [1.807, 2.05) is 0 Å². The van der Waals surface area contributed by atoms with E-state index in [9.17, 15) is 0 Å². The highest BCUT2D eigenvalue weighted by molar-refractivity contribution is 5.00. The molecule has 3 unspecified atom stereocenters. The maximum Gasteiger partial charge on any atom is 0.0677 e. The Morgan fingerprint density at radius 1 is 1.12 bits per heavy atom. The van der Waals surface area contributed by atoms with E-state index in [2.05, 4.69) is 60.8 Å². The Morgan fingerprint density at radius 3 is 1.94 bits per heavy atom. The van der Waals surface area contributed by atoms with Gasteiger partial charge in [0.2, 0.25) is 0 Å². The summed E-state index contributed by atoms with van der Waals surface area (Å²) in [5.74, 6) is 1.95. The molecule has 2 nitrogen and oxygen atoms in total. The van der Waals surface area contributed by atoms with Gasteiger partial charge in [-0.2, -0.15) is 0 Å². The number of hydrogen-bond acceptors (Lipinski definition) is 2. The highest BCUT2D eigenvalue weighted by Gasteiger charge is 2.49. The fourth-order valence-corrected chi connectivity index (χ4v) is 3.41. The van der Waals surface area contributed by atoms with Crippen molar-refractivity contribution >= 4 is 0 Å². The van der Waals surface area contributed by atoms with Crippen molar-refractivity contribution in [2.45, 2.75) is 72.1 Å². The molecule has 1 saturated heterocycles. The SMILES string of the molecule is CNC(C(C)C(C)C)C1CC(C)(C)OC1(C)C. The molecule has 0 aromatic rings. The first-order valence-electron chi connectivity index (χ1n) is 6.98. The number of nitrogens with one attached hydrogen (secondary N) is 1. The Hall–Kier alpha value is -0.0800. The Labute approximate surface area is 108 Å². The molecule has 1 aliphatic heterocycles. The monoisotopic (exact) mass is 241 g/mol. The van der Waals surface area contributed by atoms with Crippen molar-refractivity contribution in [3.8, 4) is 0 Å². The summed E-state index contributed by atoms with van der Waals surface area (Å²) in [6, 6.07) is 0.534. The normalized spacial score (nSPS) is 30.5. The predicted octanol–water partition coefficient (Wildman–Crippen LogP) is 3.46. The largest absolute Gasteiger partial charge is 0.369 e. The van der Waals surface area contributed by atoms with Gasteiger partial charge >= 0.3 is 0 Å². The molecule has 0 aromatic heterocycles. The van der Waals surface area contributed by atoms with Gasteiger partial charge in [-0.3, -0.25) is 0 Å². The number of rotatable bonds is 4. The second kappa shape index (κ2) is 4.89. The topological polar surface area (TPSA) is 21.3 Å². The zero-order valence-corrected chi connectivity index (χ0v) is 12.9. The van der Waals surface area contributed by atoms with Crippen LogP contribution in [0.15, 0.2) is 0 Å². The zero-order valence-electron chi connectivity index (χ0n) is 12.9. The highest BCUT2D eigenvalue weighted by atomic mass is 16.5. The minimum Gasteiger partial charge on any atom is -0.369 e. The molecule has 0 radical (unpaired) electrons. The molecule has 1 N–H and O–H groups in total. The second-order valence-corrected chi connectivity index (χ2v) is 7.19. The molecule has 1 fully saturated rings. The Balaban J connectivity index is 2.89. The summed E-state index contributed by atoms with van der Waals surface area (Å²) < 4.78 is 6.22. The molecule has 1 rings (SSSR count). The molecule has 1 aliphatic rings. The van der Waals surface area contributed by atoms with Crippen LogP contribution in [0.2, 0.25) is 0 Å². The molecule has 3 atom stereocenters. The minimum absolute atomic E-state index is 0.0139. The van der Waals surface area contributed by atoms with Crippen LogP contribution >= 0.6 is 0 Å². The Bertz CT molecular complexity index is 258. The summed E-state index contributed by atoms with van der Waals surface area (Å²) >= 11 is 0. The van der Waals surface area contributed by atoms with Crippen LogP contribution in [-0.2, 0) is 4.74 Å². The molecular formula is C15H31NO. The third-order valence-corrected chi connectivity index (χ3v) is 4.53. The molecule has 1 heterocycles. The van der Waals surface area contributed by atoms with Gasteiger partial charge in [0.1, 0.15) is 0 Å². The van der Waals surface area contributed by atoms with Gasteiger partial charge < -0.3 is 10.1 Å². The third-order valence-electron chi connectivity index (χ3n) is 4.53. The van der Waals surface area contributed by atoms with Crippen LogP contribution in [0.4, 0.5) is 0 Å². The summed E-state index contributed by atoms with van der Waals surface area (Å²) in [6.45, 7) is 15.9. The lowest BCUT2D eigenvalue weighted by Crippen LogP contribution is -2.47. The molecular weight excluding hydrogens is 210 g/mol. The van der Waals surface area contributed by atoms with E-state index in [0.29, 0.717) is 23.8 Å². The Morgan fingerprint density at radius 2 is 1.65 bits per heavy atom. The summed E-state index contributed by atoms with van der Waals surface area (Å²) in [5, 5.41) is 3.54. The molecule has 0 amide bonds. The zero-order chi connectivity index (χ0) is 13.4. The van der Waals surface area contributed by atoms with E-state index in [0.717, 1.165) is 6.42 Å². The average Bonchev–Trinajstić information content (AvgIpc) is 2.35. The van der Waals surface area contributed by atoms with Crippen LogP contribution < -0.4 is 5.32 Å². The molecule has 0 saturated carbocycles. The summed E-state index contributed by atoms with van der Waals surface area (Å²) in [4.78, 5) is 0. The van der Waals surface area contributed by atoms with Crippen LogP contribution in [0.5, 0.6) is 0 Å². The lowest BCUT2D eigenvalue weighted by atomic mass is 9.74. The quantitative estimate of drug-likeness (QED) is 0.814. The van der Waals surface area contributed by atoms with Gasteiger partial charge in [0, 0.05) is 12.0 Å². The maximum atomic E-state index is 6.22. The van der Waals surface area contributed by atoms with Gasteiger partial charge in [0.05, 0.1) is 11.2 Å². The van der Waals surface area contributed by atoms with Crippen LogP contribution in [0, 0.1) is 17.8 Å². The number of hydrogen-bond donors (Lipinski definition) is 1. The van der Waals surface area contributed by atoms with E-state index in [1.165, 1.54) is 0 Å². The summed E-state index contributed by atoms with van der Waals surface area (Å²) in [7, 11) is 2.09. The fourth-order valence-electron chi connectivity index (χ4n) is 3.41. The summed E-state index contributed by atoms with van der Waals surface area (Å²) in [6.07, 6.45) is 1.14. The van der Waals surface area contributed by atoms with Crippen LogP contribution in [-0.4, -0.2) is 24.3 Å². The van der Waals surface area contributed by atoms with Crippen molar-refractivity contribution in [3.05, 3.63) is 0 Å². The van der Waals surface area contributed by atoms with E-state index in [1.54, 1.807) is 0 Å². The van der Waals surface area contributed by atoms with Crippen LogP contribution in [0.3, 0.4) is 0 Å². The first kappa shape index (κ1) is 15.0. The molecule has 0 aromatic carbocycles. The molecule has 102 valence electrons. The van der Waals surface area contributed by atoms with Crippen LogP contribution in [0.25, 0.3) is 0 Å². The summed E-state index contributed by atoms with van der Waals surface area (Å²) in [5.41, 5.74) is -0.0136. The predicted molar refractivity (Wildman–Crippen MR) is 74.2 cm³/mol. The van der Waals surface area contributed by atoms with Gasteiger partial charge in [-0.1, -0.05) is 20.8 Å². The molecule has 17 heavy (non-hydrogen) atoms. The van der Waals surface area contributed by atoms with E-state index >= 15 is 0 Å². The average molecular weight is 241 g/mol. The van der Waals surface area contributed by atoms with Gasteiger partial charge in [-0.15, -0.1) is 0 Å². The Kier molecular flexibility index (Phi) is 4.31. The van der Waals surface area contributed by atoms with Crippen molar-refractivity contribution in [1.82, 2.24) is 5.32 Å². The van der Waals surface area contributed by atoms with Gasteiger partial charge in [0.25, 0.3) is 0 Å². The standard InChI is InChI=1S/C15H31NO/c1-10(2)11(3)13(16-8)12-9-14(4,5)17-15(12,6)7/h10-13,16H,9H2,1-8H3. The van der Waals surface area contributed by atoms with Crippen molar-refractivity contribution in [3.63, 3.8) is 0 Å². The van der Waals surface area contributed by atoms with Crippen molar-refractivity contribution in [2.24, 2.45) is 17.8 Å². The minimum atomic E-state index is -0.0275. The van der Waals surface area contributed by atoms with E-state index in [4.69, 9.17) is 4.74 Å². The second-order valence-electron chi connectivity index (χ2n) is 7.19. The third kappa shape index (κ3) is 3.23. The first-order valence-corrected chi connectivity index (χ1v) is 6.98. The lowest BCUT2D eigenvalue weighted by molar-refractivity contribution is -0.0797. The first-order chi connectivity index (χ1) is 7.60. The van der Waals surface area contributed by atoms with Crippen molar-refractivity contribution < 1.29 is 4.74 Å². The maximum absolute atomic E-state index is 6.22. The van der Waals surface area contributed by atoms with Crippen LogP contribution in [0.1, 0.15) is 54.9 Å². The lowest BCUT2D eigenvalue weighted by Gasteiger charge is -2.37. The van der Waals surface area contributed by atoms with Crippen molar-refractivity contribution in [1.29, 1.82) is 0 Å². The molecule has 0 spiro atoms. The van der Waals surface area contributed by atoms with E-state index in [-0.39, 0.29) is 11.2 Å². The number of ether oxygens (including phenoxy) is 1. The molecule has 2 heteroatoms. The molecule has 0 aliphatic carbocycles. The smallest absolute Gasteiger partial charge is 0.0677 e. The van der Waals surface area contributed by atoms with E-state index < -0.39 is 0 Å². The van der Waals surface area contributed by atoms with Gasteiger partial charge in [-0.25, -0.2) is 0 Å². The van der Waals surface area contributed by atoms with Gasteiger partial charge in [0.15, 0.2) is 0 Å². The van der Waals surface area contributed by atoms with Gasteiger partial charge in [-0.05, 0) is 53.0 Å². The molecule has 0 bridgehead atoms. The van der Waals surface area contributed by atoms with Crippen molar-refractivity contribution in [2.75, 3.05) is 7.05 Å². The fraction of sp³-hybridized carbons (Fsp3) is 1.00.